The van der Waals surface area contributed by atoms with E-state index in [2.05, 4.69) is 16.0 Å². The van der Waals surface area contributed by atoms with E-state index >= 15 is 0 Å². The minimum absolute atomic E-state index is 0.152. The second-order valence-electron chi connectivity index (χ2n) is 10.8. The Hall–Kier alpha value is -2.98. The highest BCUT2D eigenvalue weighted by atomic mass is 16.6. The summed E-state index contributed by atoms with van der Waals surface area (Å²) in [6.07, 6.45) is -1.46. The van der Waals surface area contributed by atoms with Crippen molar-refractivity contribution in [2.45, 2.75) is 111 Å². The summed E-state index contributed by atoms with van der Waals surface area (Å²) in [7, 11) is 0. The molecule has 11 nitrogen and oxygen atoms in total. The molecule has 0 saturated carbocycles. The van der Waals surface area contributed by atoms with Gasteiger partial charge in [-0.3, -0.25) is 0 Å². The van der Waals surface area contributed by atoms with Gasteiger partial charge in [0.2, 0.25) is 0 Å². The van der Waals surface area contributed by atoms with Gasteiger partial charge in [-0.15, -0.1) is 0 Å². The van der Waals surface area contributed by atoms with E-state index in [1.165, 1.54) is 0 Å². The topological polar surface area (TPSA) is 152 Å². The summed E-state index contributed by atoms with van der Waals surface area (Å²) in [5.41, 5.74) is -4.50. The Morgan fingerprint density at radius 2 is 1.15 bits per heavy atom. The van der Waals surface area contributed by atoms with Crippen LogP contribution in [0, 0.1) is 0 Å². The van der Waals surface area contributed by atoms with Gasteiger partial charge in [-0.25, -0.2) is 19.2 Å². The van der Waals surface area contributed by atoms with Crippen LogP contribution in [-0.4, -0.2) is 57.9 Å². The Morgan fingerprint density at radius 1 is 0.765 bits per heavy atom. The summed E-state index contributed by atoms with van der Waals surface area (Å²) in [6.45, 7) is 16.5. The molecule has 0 heterocycles. The predicted molar refractivity (Wildman–Crippen MR) is 126 cm³/mol. The van der Waals surface area contributed by atoms with Crippen LogP contribution < -0.4 is 16.0 Å². The lowest BCUT2D eigenvalue weighted by Crippen LogP contribution is -2.61. The molecule has 0 aromatic carbocycles. The van der Waals surface area contributed by atoms with Crippen LogP contribution in [0.5, 0.6) is 0 Å². The van der Waals surface area contributed by atoms with Crippen molar-refractivity contribution in [1.82, 2.24) is 16.0 Å². The van der Waals surface area contributed by atoms with Gasteiger partial charge in [-0.05, 0) is 75.7 Å². The Balaban J connectivity index is 6.09. The molecule has 1 atom stereocenters. The zero-order valence-electron chi connectivity index (χ0n) is 22.0. The standard InChI is InChI=1S/C23H41N3O8/c1-11-12-13-23(16(27)28,26-19(31)34-22(8,9)10)14-15(24-17(29)32-20(2,3)4)25-18(30)33-21(5,6)7/h11-12,15H,13-14H2,1-10H3,(H,24,29)(H,25,30)(H,26,31)(H,27,28). The van der Waals surface area contributed by atoms with E-state index in [4.69, 9.17) is 14.2 Å². The molecular weight excluding hydrogens is 446 g/mol. The fourth-order valence-corrected chi connectivity index (χ4v) is 2.62. The molecule has 0 radical (unpaired) electrons. The summed E-state index contributed by atoms with van der Waals surface area (Å²) in [6, 6.07) is 0. The first kappa shape index (κ1) is 31.0. The van der Waals surface area contributed by atoms with Crippen molar-refractivity contribution in [1.29, 1.82) is 0 Å². The van der Waals surface area contributed by atoms with Gasteiger partial charge in [-0.1, -0.05) is 12.2 Å². The van der Waals surface area contributed by atoms with Crippen LogP contribution in [0.2, 0.25) is 0 Å². The predicted octanol–water partition coefficient (Wildman–Crippen LogP) is 4.07. The van der Waals surface area contributed by atoms with Crippen molar-refractivity contribution in [3.63, 3.8) is 0 Å². The van der Waals surface area contributed by atoms with E-state index in [1.807, 2.05) is 0 Å². The number of hydrogen-bond acceptors (Lipinski definition) is 7. The number of allylic oxidation sites excluding steroid dienone is 1. The summed E-state index contributed by atoms with van der Waals surface area (Å²) in [4.78, 5) is 49.7. The molecule has 0 aromatic heterocycles. The largest absolute Gasteiger partial charge is 0.479 e. The van der Waals surface area contributed by atoms with Gasteiger partial charge in [0.25, 0.3) is 0 Å². The zero-order chi connectivity index (χ0) is 27.0. The molecule has 11 heteroatoms. The highest BCUT2D eigenvalue weighted by Crippen LogP contribution is 2.21. The molecule has 0 fully saturated rings. The Kier molecular flexibility index (Phi) is 10.9. The minimum Gasteiger partial charge on any atom is -0.479 e. The fourth-order valence-electron chi connectivity index (χ4n) is 2.62. The molecule has 1 unspecified atom stereocenters. The number of carboxylic acid groups (broad SMARTS) is 1. The van der Waals surface area contributed by atoms with Crippen LogP contribution in [0.4, 0.5) is 14.4 Å². The van der Waals surface area contributed by atoms with Crippen LogP contribution in [0.1, 0.15) is 82.1 Å². The summed E-state index contributed by atoms with van der Waals surface area (Å²) < 4.78 is 15.7. The molecular formula is C23H41N3O8. The monoisotopic (exact) mass is 487 g/mol. The second kappa shape index (κ2) is 11.9. The minimum atomic E-state index is -1.94. The first-order valence-electron chi connectivity index (χ1n) is 11.0. The number of carboxylic acids is 1. The SMILES string of the molecule is CC=CCC(CC(NC(=O)OC(C)(C)C)NC(=O)OC(C)(C)C)(NC(=O)OC(C)(C)C)C(=O)O. The van der Waals surface area contributed by atoms with E-state index in [9.17, 15) is 24.3 Å². The van der Waals surface area contributed by atoms with Crippen LogP contribution in [0.3, 0.4) is 0 Å². The van der Waals surface area contributed by atoms with Crippen molar-refractivity contribution in [2.24, 2.45) is 0 Å². The van der Waals surface area contributed by atoms with Gasteiger partial charge < -0.3 is 35.3 Å². The number of ether oxygens (including phenoxy) is 3. The van der Waals surface area contributed by atoms with E-state index in [0.717, 1.165) is 0 Å². The average molecular weight is 488 g/mol. The maximum atomic E-state index is 12.5. The van der Waals surface area contributed by atoms with Gasteiger partial charge in [0.15, 0.2) is 0 Å². The number of carbonyl (C=O) groups excluding carboxylic acids is 3. The smallest absolute Gasteiger partial charge is 0.409 e. The second-order valence-corrected chi connectivity index (χ2v) is 10.8. The van der Waals surface area contributed by atoms with Crippen LogP contribution in [0.15, 0.2) is 12.2 Å². The van der Waals surface area contributed by atoms with E-state index in [-0.39, 0.29) is 6.42 Å². The molecule has 0 saturated heterocycles. The van der Waals surface area contributed by atoms with Gasteiger partial charge in [-0.2, -0.15) is 0 Å². The van der Waals surface area contributed by atoms with E-state index < -0.39 is 59.2 Å². The Bertz CT molecular complexity index is 730. The Labute approximate surface area is 202 Å². The van der Waals surface area contributed by atoms with Crippen LogP contribution >= 0.6 is 0 Å². The maximum absolute atomic E-state index is 12.5. The van der Waals surface area contributed by atoms with Crippen LogP contribution in [0.25, 0.3) is 0 Å². The van der Waals surface area contributed by atoms with E-state index in [1.54, 1.807) is 81.4 Å². The average Bonchev–Trinajstić information content (AvgIpc) is 2.53. The number of aliphatic carboxylic acids is 1. The number of alkyl carbamates (subject to hydrolysis) is 3. The molecule has 0 rings (SSSR count). The number of rotatable bonds is 8. The number of nitrogens with one attached hydrogen (secondary N) is 3. The van der Waals surface area contributed by atoms with Crippen molar-refractivity contribution < 1.29 is 38.5 Å². The van der Waals surface area contributed by atoms with Crippen molar-refractivity contribution >= 4 is 24.2 Å². The van der Waals surface area contributed by atoms with Gasteiger partial charge in [0, 0.05) is 6.42 Å². The fraction of sp³-hybridized carbons (Fsp3) is 0.739. The van der Waals surface area contributed by atoms with Gasteiger partial charge >= 0.3 is 24.2 Å². The van der Waals surface area contributed by atoms with Crippen molar-refractivity contribution in [2.75, 3.05) is 0 Å². The normalized spacial score (nSPS) is 14.2. The quantitative estimate of drug-likeness (QED) is 0.227. The van der Waals surface area contributed by atoms with Crippen molar-refractivity contribution in [3.8, 4) is 0 Å². The number of carbonyl (C=O) groups is 4. The molecule has 34 heavy (non-hydrogen) atoms. The molecule has 196 valence electrons. The van der Waals surface area contributed by atoms with Crippen LogP contribution in [-0.2, 0) is 19.0 Å². The molecule has 0 spiro atoms. The number of amides is 3. The third-order valence-electron chi connectivity index (χ3n) is 3.79. The molecule has 0 aliphatic rings. The lowest BCUT2D eigenvalue weighted by atomic mass is 9.89. The molecule has 3 amide bonds. The third-order valence-corrected chi connectivity index (χ3v) is 3.79. The molecule has 0 aromatic rings. The lowest BCUT2D eigenvalue weighted by molar-refractivity contribution is -0.145. The summed E-state index contributed by atoms with van der Waals surface area (Å²) in [5, 5.41) is 17.4. The van der Waals surface area contributed by atoms with E-state index in [0.29, 0.717) is 0 Å². The highest BCUT2D eigenvalue weighted by molar-refractivity contribution is 5.85. The Morgan fingerprint density at radius 3 is 1.47 bits per heavy atom. The lowest BCUT2D eigenvalue weighted by Gasteiger charge is -2.35. The maximum Gasteiger partial charge on any atom is 0.409 e. The number of hydrogen-bond donors (Lipinski definition) is 4. The first-order valence-corrected chi connectivity index (χ1v) is 11.0. The van der Waals surface area contributed by atoms with Gasteiger partial charge in [0.05, 0.1) is 0 Å². The summed E-state index contributed by atoms with van der Waals surface area (Å²) >= 11 is 0. The highest BCUT2D eigenvalue weighted by Gasteiger charge is 2.43. The van der Waals surface area contributed by atoms with Gasteiger partial charge in [0.1, 0.15) is 28.5 Å². The molecule has 0 aliphatic heterocycles. The van der Waals surface area contributed by atoms with Crippen molar-refractivity contribution in [3.05, 3.63) is 12.2 Å². The first-order chi connectivity index (χ1) is 15.2. The zero-order valence-corrected chi connectivity index (χ0v) is 22.0. The third kappa shape index (κ3) is 13.5. The molecule has 0 aliphatic carbocycles. The molecule has 0 bridgehead atoms. The summed E-state index contributed by atoms with van der Waals surface area (Å²) in [5.74, 6) is -1.39. The molecule has 4 N–H and O–H groups in total.